The highest BCUT2D eigenvalue weighted by Gasteiger charge is 2.24. The van der Waals surface area contributed by atoms with Crippen molar-refractivity contribution in [1.82, 2.24) is 24.1 Å². The maximum atomic E-state index is 13.6. The minimum atomic E-state index is -1.20. The van der Waals surface area contributed by atoms with Crippen LogP contribution in [0.4, 0.5) is 11.6 Å². The lowest BCUT2D eigenvalue weighted by atomic mass is 10.2. The first-order chi connectivity index (χ1) is 18.9. The van der Waals surface area contributed by atoms with Crippen molar-refractivity contribution in [2.45, 2.75) is 26.4 Å². The molecule has 0 bridgehead atoms. The van der Waals surface area contributed by atoms with Gasteiger partial charge in [-0.25, -0.2) is 19.3 Å². The number of hydrogen-bond donors (Lipinski definition) is 3. The third-order valence-corrected chi connectivity index (χ3v) is 6.35. The number of aromatic carboxylic acids is 1. The molecule has 5 rings (SSSR count). The van der Waals surface area contributed by atoms with E-state index in [9.17, 15) is 14.7 Å². The Balaban J connectivity index is 1.51. The highest BCUT2D eigenvalue weighted by Crippen LogP contribution is 2.26. The summed E-state index contributed by atoms with van der Waals surface area (Å²) < 4.78 is 8.26. The number of rotatable bonds is 9. The molecule has 0 saturated carbocycles. The van der Waals surface area contributed by atoms with Gasteiger partial charge in [0.05, 0.1) is 18.8 Å². The smallest absolute Gasteiger partial charge is 0.343 e. The fraction of sp³-hybridized carbons (Fsp3) is 0.179. The molecule has 2 aromatic carbocycles. The highest BCUT2D eigenvalue weighted by molar-refractivity contribution is 5.98. The van der Waals surface area contributed by atoms with E-state index >= 15 is 0 Å². The van der Waals surface area contributed by atoms with Crippen molar-refractivity contribution in [3.63, 3.8) is 0 Å². The lowest BCUT2D eigenvalue weighted by Gasteiger charge is -2.21. The lowest BCUT2D eigenvalue weighted by Crippen LogP contribution is -2.30. The van der Waals surface area contributed by atoms with E-state index in [1.54, 1.807) is 24.7 Å². The number of para-hydroxylation sites is 1. The van der Waals surface area contributed by atoms with E-state index in [-0.39, 0.29) is 22.8 Å². The molecule has 0 saturated heterocycles. The van der Waals surface area contributed by atoms with Gasteiger partial charge in [-0.05, 0) is 55.3 Å². The summed E-state index contributed by atoms with van der Waals surface area (Å²) in [6.45, 7) is 3.99. The van der Waals surface area contributed by atoms with Gasteiger partial charge in [-0.3, -0.25) is 9.36 Å². The van der Waals surface area contributed by atoms with Gasteiger partial charge in [-0.2, -0.15) is 5.10 Å². The molecule has 1 atom stereocenters. The first-order valence-corrected chi connectivity index (χ1v) is 12.2. The van der Waals surface area contributed by atoms with Gasteiger partial charge in [-0.1, -0.05) is 30.3 Å². The van der Waals surface area contributed by atoms with Crippen LogP contribution in [0.15, 0.2) is 78.0 Å². The Morgan fingerprint density at radius 3 is 2.46 bits per heavy atom. The van der Waals surface area contributed by atoms with Crippen LogP contribution in [0.1, 0.15) is 40.3 Å². The number of carboxylic acids is 1. The number of benzene rings is 2. The van der Waals surface area contributed by atoms with Crippen LogP contribution in [-0.4, -0.2) is 42.3 Å². The van der Waals surface area contributed by atoms with Crippen molar-refractivity contribution >= 4 is 23.1 Å². The van der Waals surface area contributed by atoms with E-state index in [1.165, 1.54) is 10.9 Å². The molecule has 0 fully saturated rings. The number of carbonyl (C=O) groups is 1. The van der Waals surface area contributed by atoms with E-state index in [0.29, 0.717) is 23.6 Å². The zero-order valence-corrected chi connectivity index (χ0v) is 21.6. The minimum Gasteiger partial charge on any atom is -0.497 e. The molecule has 11 heteroatoms. The molecule has 3 aromatic heterocycles. The number of carboxylic acid groups (broad SMARTS) is 1. The third kappa shape index (κ3) is 5.01. The van der Waals surface area contributed by atoms with Crippen molar-refractivity contribution in [1.29, 1.82) is 0 Å². The number of fused-ring (bicyclic) bond motifs is 1. The summed E-state index contributed by atoms with van der Waals surface area (Å²) in [5.74, 6) is 0.167. The maximum absolute atomic E-state index is 13.6. The van der Waals surface area contributed by atoms with Crippen molar-refractivity contribution in [3.8, 4) is 11.4 Å². The number of anilines is 2. The number of aromatic nitrogens is 5. The van der Waals surface area contributed by atoms with Gasteiger partial charge >= 0.3 is 5.97 Å². The molecule has 11 nitrogen and oxygen atoms in total. The molecule has 0 radical (unpaired) electrons. The first kappa shape index (κ1) is 25.5. The number of ether oxygens (including phenoxy) is 1. The Labute approximate surface area is 223 Å². The van der Waals surface area contributed by atoms with Gasteiger partial charge in [0.25, 0.3) is 5.56 Å². The summed E-state index contributed by atoms with van der Waals surface area (Å²) in [6, 6.07) is 17.8. The molecule has 198 valence electrons. The predicted octanol–water partition coefficient (Wildman–Crippen LogP) is 4.08. The molecule has 0 aliphatic heterocycles. The molecule has 1 unspecified atom stereocenters. The number of aryl methyl sites for hydroxylation is 1. The highest BCUT2D eigenvalue weighted by atomic mass is 16.5. The van der Waals surface area contributed by atoms with Crippen LogP contribution in [0.2, 0.25) is 0 Å². The normalized spacial score (nSPS) is 11.8. The Bertz CT molecular complexity index is 1700. The number of nitrogens with zero attached hydrogens (tertiary/aromatic N) is 5. The minimum absolute atomic E-state index is 0.0971. The van der Waals surface area contributed by atoms with E-state index in [2.05, 4.69) is 20.6 Å². The second kappa shape index (κ2) is 10.7. The second-order valence-corrected chi connectivity index (χ2v) is 8.94. The Hall–Kier alpha value is -5.19. The average Bonchev–Trinajstić information content (AvgIpc) is 3.33. The van der Waals surface area contributed by atoms with Crippen molar-refractivity contribution in [3.05, 3.63) is 106 Å². The summed E-state index contributed by atoms with van der Waals surface area (Å²) in [5, 5.41) is 21.0. The Morgan fingerprint density at radius 2 is 1.77 bits per heavy atom. The molecule has 5 aromatic rings. The standard InChI is InChI=1S/C28H27N7O4/c1-17-13-14-34-23(17)27(36)35(20-7-5-4-6-8-20)26(33-34)18(2)32-25-22(28(37)38)24(30-16-31-25)29-15-19-9-11-21(39-3)12-10-19/h4-14,16,18H,15H2,1-3H3,(H,37,38)(H2,29,30,31,32). The fourth-order valence-electron chi connectivity index (χ4n) is 4.37. The van der Waals surface area contributed by atoms with Crippen LogP contribution in [0.5, 0.6) is 5.75 Å². The molecular formula is C28H27N7O4. The summed E-state index contributed by atoms with van der Waals surface area (Å²) in [6.07, 6.45) is 3.01. The van der Waals surface area contributed by atoms with Gasteiger partial charge < -0.3 is 20.5 Å². The summed E-state index contributed by atoms with van der Waals surface area (Å²) in [4.78, 5) is 34.3. The van der Waals surface area contributed by atoms with Gasteiger partial charge in [-0.15, -0.1) is 0 Å². The molecule has 3 N–H and O–H groups in total. The summed E-state index contributed by atoms with van der Waals surface area (Å²) in [5.41, 5.74) is 2.48. The topological polar surface area (TPSA) is 136 Å². The van der Waals surface area contributed by atoms with E-state index in [4.69, 9.17) is 9.84 Å². The molecule has 3 heterocycles. The summed E-state index contributed by atoms with van der Waals surface area (Å²) >= 11 is 0. The van der Waals surface area contributed by atoms with Crippen LogP contribution >= 0.6 is 0 Å². The van der Waals surface area contributed by atoms with Gasteiger partial charge in [0.1, 0.15) is 34.8 Å². The van der Waals surface area contributed by atoms with Gasteiger partial charge in [0.2, 0.25) is 0 Å². The molecule has 0 amide bonds. The van der Waals surface area contributed by atoms with E-state index in [0.717, 1.165) is 16.9 Å². The van der Waals surface area contributed by atoms with Crippen LogP contribution in [0.3, 0.4) is 0 Å². The van der Waals surface area contributed by atoms with Crippen LogP contribution in [0.25, 0.3) is 11.2 Å². The molecule has 0 spiro atoms. The van der Waals surface area contributed by atoms with Crippen molar-refractivity contribution in [2.75, 3.05) is 17.7 Å². The van der Waals surface area contributed by atoms with E-state index in [1.807, 2.05) is 67.6 Å². The second-order valence-electron chi connectivity index (χ2n) is 8.94. The van der Waals surface area contributed by atoms with Crippen LogP contribution < -0.4 is 20.9 Å². The van der Waals surface area contributed by atoms with Crippen molar-refractivity contribution in [2.24, 2.45) is 0 Å². The third-order valence-electron chi connectivity index (χ3n) is 6.35. The van der Waals surface area contributed by atoms with Crippen LogP contribution in [0, 0.1) is 6.92 Å². The number of methoxy groups -OCH3 is 1. The lowest BCUT2D eigenvalue weighted by molar-refractivity contribution is 0.0698. The largest absolute Gasteiger partial charge is 0.497 e. The van der Waals surface area contributed by atoms with Crippen LogP contribution in [-0.2, 0) is 6.54 Å². The van der Waals surface area contributed by atoms with Gasteiger partial charge in [0.15, 0.2) is 5.82 Å². The van der Waals surface area contributed by atoms with Gasteiger partial charge in [0, 0.05) is 12.7 Å². The molecule has 0 aliphatic rings. The zero-order chi connectivity index (χ0) is 27.5. The molecular weight excluding hydrogens is 498 g/mol. The predicted molar refractivity (Wildman–Crippen MR) is 147 cm³/mol. The molecule has 0 aliphatic carbocycles. The average molecular weight is 526 g/mol. The SMILES string of the molecule is COc1ccc(CNc2ncnc(NC(C)c3nn4ccc(C)c4c(=O)n3-c3ccccc3)c2C(=O)O)cc1. The van der Waals surface area contributed by atoms with Crippen molar-refractivity contribution < 1.29 is 14.6 Å². The number of hydrogen-bond acceptors (Lipinski definition) is 8. The molecule has 39 heavy (non-hydrogen) atoms. The first-order valence-electron chi connectivity index (χ1n) is 12.2. The summed E-state index contributed by atoms with van der Waals surface area (Å²) in [7, 11) is 1.59. The Morgan fingerprint density at radius 1 is 1.05 bits per heavy atom. The number of nitrogens with one attached hydrogen (secondary N) is 2. The Kier molecular flexibility index (Phi) is 6.96. The maximum Gasteiger partial charge on any atom is 0.343 e. The fourth-order valence-corrected chi connectivity index (χ4v) is 4.37. The monoisotopic (exact) mass is 525 g/mol. The van der Waals surface area contributed by atoms with E-state index < -0.39 is 12.0 Å². The zero-order valence-electron chi connectivity index (χ0n) is 21.6. The quantitative estimate of drug-likeness (QED) is 0.260.